The van der Waals surface area contributed by atoms with E-state index in [4.69, 9.17) is 9.84 Å². The first kappa shape index (κ1) is 12.1. The van der Waals surface area contributed by atoms with Crippen LogP contribution in [0.25, 0.3) is 0 Å². The number of hydrogen-bond acceptors (Lipinski definition) is 3. The first-order chi connectivity index (χ1) is 8.26. The molecule has 0 amide bonds. The molecule has 0 saturated carbocycles. The third-order valence-corrected chi connectivity index (χ3v) is 3.28. The third kappa shape index (κ3) is 2.50. The Morgan fingerprint density at radius 1 is 1.35 bits per heavy atom. The lowest BCUT2D eigenvalue weighted by atomic mass is 10.2. The standard InChI is InChI=1S/C12H13BrN2O2/c1-17-12-10(8-16)6-14-15(12)7-9-4-2-3-5-11(9)13/h2-6,16H,7-8H2,1H3. The van der Waals surface area contributed by atoms with Crippen LogP contribution in [0.3, 0.4) is 0 Å². The topological polar surface area (TPSA) is 47.3 Å². The molecule has 0 atom stereocenters. The van der Waals surface area contributed by atoms with Crippen molar-refractivity contribution in [2.75, 3.05) is 7.11 Å². The van der Waals surface area contributed by atoms with Crippen LogP contribution in [0.5, 0.6) is 5.88 Å². The van der Waals surface area contributed by atoms with E-state index in [0.717, 1.165) is 10.0 Å². The smallest absolute Gasteiger partial charge is 0.217 e. The number of benzene rings is 1. The maximum absolute atomic E-state index is 9.14. The molecule has 1 aromatic heterocycles. The Kier molecular flexibility index (Phi) is 3.81. The highest BCUT2D eigenvalue weighted by Gasteiger charge is 2.11. The van der Waals surface area contributed by atoms with Crippen molar-refractivity contribution in [2.45, 2.75) is 13.2 Å². The summed E-state index contributed by atoms with van der Waals surface area (Å²) >= 11 is 3.49. The second-order valence-electron chi connectivity index (χ2n) is 3.59. The molecule has 90 valence electrons. The predicted octanol–water partition coefficient (Wildman–Crippen LogP) is 2.19. The summed E-state index contributed by atoms with van der Waals surface area (Å²) in [5, 5.41) is 13.3. The van der Waals surface area contributed by atoms with Crippen LogP contribution in [0, 0.1) is 0 Å². The number of nitrogens with zero attached hydrogens (tertiary/aromatic N) is 2. The molecule has 17 heavy (non-hydrogen) atoms. The van der Waals surface area contributed by atoms with E-state index in [9.17, 15) is 0 Å². The first-order valence-electron chi connectivity index (χ1n) is 5.19. The maximum atomic E-state index is 9.14. The number of methoxy groups -OCH3 is 1. The molecule has 5 heteroatoms. The van der Waals surface area contributed by atoms with Gasteiger partial charge in [-0.05, 0) is 11.6 Å². The highest BCUT2D eigenvalue weighted by Crippen LogP contribution is 2.22. The molecule has 0 aliphatic rings. The minimum absolute atomic E-state index is 0.0703. The first-order valence-corrected chi connectivity index (χ1v) is 5.98. The van der Waals surface area contributed by atoms with Gasteiger partial charge in [0.25, 0.3) is 0 Å². The lowest BCUT2D eigenvalue weighted by Gasteiger charge is -2.08. The molecule has 0 aliphatic heterocycles. The van der Waals surface area contributed by atoms with Gasteiger partial charge in [-0.25, -0.2) is 4.68 Å². The van der Waals surface area contributed by atoms with Crippen LogP contribution in [-0.4, -0.2) is 22.0 Å². The van der Waals surface area contributed by atoms with E-state index >= 15 is 0 Å². The van der Waals surface area contributed by atoms with Crippen molar-refractivity contribution in [3.63, 3.8) is 0 Å². The molecule has 1 N–H and O–H groups in total. The van der Waals surface area contributed by atoms with Crippen molar-refractivity contribution in [3.8, 4) is 5.88 Å². The van der Waals surface area contributed by atoms with E-state index in [-0.39, 0.29) is 6.61 Å². The lowest BCUT2D eigenvalue weighted by Crippen LogP contribution is -2.05. The SMILES string of the molecule is COc1c(CO)cnn1Cc1ccccc1Br. The zero-order valence-corrected chi connectivity index (χ0v) is 11.0. The Morgan fingerprint density at radius 2 is 2.12 bits per heavy atom. The normalized spacial score (nSPS) is 10.5. The van der Waals surface area contributed by atoms with E-state index in [2.05, 4.69) is 21.0 Å². The fourth-order valence-electron chi connectivity index (χ4n) is 1.66. The van der Waals surface area contributed by atoms with Crippen molar-refractivity contribution < 1.29 is 9.84 Å². The third-order valence-electron chi connectivity index (χ3n) is 2.50. The number of ether oxygens (including phenoxy) is 1. The van der Waals surface area contributed by atoms with Crippen molar-refractivity contribution in [1.29, 1.82) is 0 Å². The fourth-order valence-corrected chi connectivity index (χ4v) is 2.07. The summed E-state index contributed by atoms with van der Waals surface area (Å²) < 4.78 is 8.00. The second-order valence-corrected chi connectivity index (χ2v) is 4.44. The number of hydrogen-bond donors (Lipinski definition) is 1. The molecule has 0 saturated heterocycles. The molecule has 0 spiro atoms. The molecule has 1 aromatic carbocycles. The van der Waals surface area contributed by atoms with Crippen LogP contribution >= 0.6 is 15.9 Å². The van der Waals surface area contributed by atoms with E-state index in [1.165, 1.54) is 0 Å². The van der Waals surface area contributed by atoms with Crippen molar-refractivity contribution in [2.24, 2.45) is 0 Å². The largest absolute Gasteiger partial charge is 0.481 e. The lowest BCUT2D eigenvalue weighted by molar-refractivity contribution is 0.270. The van der Waals surface area contributed by atoms with Crippen LogP contribution in [0.15, 0.2) is 34.9 Å². The molecule has 2 rings (SSSR count). The highest BCUT2D eigenvalue weighted by molar-refractivity contribution is 9.10. The van der Waals surface area contributed by atoms with Gasteiger partial charge in [-0.1, -0.05) is 34.1 Å². The van der Waals surface area contributed by atoms with Gasteiger partial charge in [-0.3, -0.25) is 0 Å². The summed E-state index contributed by atoms with van der Waals surface area (Å²) in [5.74, 6) is 0.600. The van der Waals surface area contributed by atoms with Gasteiger partial charge in [-0.15, -0.1) is 0 Å². The van der Waals surface area contributed by atoms with Crippen LogP contribution in [0.4, 0.5) is 0 Å². The van der Waals surface area contributed by atoms with Crippen LogP contribution in [0.1, 0.15) is 11.1 Å². The molecule has 1 heterocycles. The van der Waals surface area contributed by atoms with Crippen molar-refractivity contribution >= 4 is 15.9 Å². The summed E-state index contributed by atoms with van der Waals surface area (Å²) in [4.78, 5) is 0. The number of aliphatic hydroxyl groups is 1. The van der Waals surface area contributed by atoms with Gasteiger partial charge in [0.05, 0.1) is 32.0 Å². The summed E-state index contributed by atoms with van der Waals surface area (Å²) in [7, 11) is 1.58. The van der Waals surface area contributed by atoms with Gasteiger partial charge in [0.15, 0.2) is 0 Å². The number of aromatic nitrogens is 2. The predicted molar refractivity (Wildman–Crippen MR) is 67.9 cm³/mol. The minimum Gasteiger partial charge on any atom is -0.481 e. The summed E-state index contributed by atoms with van der Waals surface area (Å²) in [6.45, 7) is 0.531. The number of halogens is 1. The number of aliphatic hydroxyl groups excluding tert-OH is 1. The Morgan fingerprint density at radius 3 is 2.76 bits per heavy atom. The molecule has 4 nitrogen and oxygen atoms in total. The zero-order valence-electron chi connectivity index (χ0n) is 9.43. The van der Waals surface area contributed by atoms with E-state index in [0.29, 0.717) is 18.0 Å². The molecule has 0 bridgehead atoms. The molecule has 0 radical (unpaired) electrons. The van der Waals surface area contributed by atoms with E-state index in [1.807, 2.05) is 24.3 Å². The number of rotatable bonds is 4. The van der Waals surface area contributed by atoms with Gasteiger partial charge in [0.2, 0.25) is 5.88 Å². The highest BCUT2D eigenvalue weighted by atomic mass is 79.9. The maximum Gasteiger partial charge on any atom is 0.217 e. The Bertz CT molecular complexity index is 511. The van der Waals surface area contributed by atoms with Crippen LogP contribution in [0.2, 0.25) is 0 Å². The average molecular weight is 297 g/mol. The Hall–Kier alpha value is -1.33. The molecule has 0 unspecified atom stereocenters. The van der Waals surface area contributed by atoms with E-state index < -0.39 is 0 Å². The van der Waals surface area contributed by atoms with Crippen molar-refractivity contribution in [3.05, 3.63) is 46.1 Å². The second kappa shape index (κ2) is 5.33. The van der Waals surface area contributed by atoms with Crippen LogP contribution < -0.4 is 4.74 Å². The Balaban J connectivity index is 2.30. The summed E-state index contributed by atoms with van der Waals surface area (Å²) in [5.41, 5.74) is 1.80. The molecular weight excluding hydrogens is 284 g/mol. The monoisotopic (exact) mass is 296 g/mol. The summed E-state index contributed by atoms with van der Waals surface area (Å²) in [6.07, 6.45) is 1.62. The average Bonchev–Trinajstić information content (AvgIpc) is 2.74. The molecule has 2 aromatic rings. The van der Waals surface area contributed by atoms with Gasteiger partial charge in [0, 0.05) is 4.47 Å². The minimum atomic E-state index is -0.0703. The van der Waals surface area contributed by atoms with Crippen molar-refractivity contribution in [1.82, 2.24) is 9.78 Å². The quantitative estimate of drug-likeness (QED) is 0.941. The molecular formula is C12H13BrN2O2. The Labute approximate surface area is 108 Å². The van der Waals surface area contributed by atoms with Crippen LogP contribution in [-0.2, 0) is 13.2 Å². The molecule has 0 fully saturated rings. The van der Waals surface area contributed by atoms with Gasteiger partial charge >= 0.3 is 0 Å². The summed E-state index contributed by atoms with van der Waals surface area (Å²) in [6, 6.07) is 7.94. The molecule has 0 aliphatic carbocycles. The van der Waals surface area contributed by atoms with Gasteiger partial charge < -0.3 is 9.84 Å². The van der Waals surface area contributed by atoms with Gasteiger partial charge in [-0.2, -0.15) is 5.10 Å². The van der Waals surface area contributed by atoms with E-state index in [1.54, 1.807) is 18.0 Å². The zero-order chi connectivity index (χ0) is 12.3. The van der Waals surface area contributed by atoms with Gasteiger partial charge in [0.1, 0.15) is 0 Å². The fraction of sp³-hybridized carbons (Fsp3) is 0.250.